The molecule has 0 saturated heterocycles. The van der Waals surface area contributed by atoms with E-state index in [0.29, 0.717) is 0 Å². The minimum atomic E-state index is 0.753. The maximum absolute atomic E-state index is 3.99. The van der Waals surface area contributed by atoms with E-state index in [1.165, 1.54) is 16.7 Å². The average Bonchev–Trinajstić information content (AvgIpc) is 2.49. The second-order valence-corrected chi connectivity index (χ2v) is 4.69. The van der Waals surface area contributed by atoms with Crippen molar-refractivity contribution in [3.05, 3.63) is 47.1 Å². The van der Waals surface area contributed by atoms with Crippen molar-refractivity contribution >= 4 is 25.8 Å². The molecule has 0 N–H and O–H groups in total. The molecule has 0 aromatic heterocycles. The van der Waals surface area contributed by atoms with Gasteiger partial charge in [0.1, 0.15) is 0 Å². The predicted octanol–water partition coefficient (Wildman–Crippen LogP) is 2.89. The van der Waals surface area contributed by atoms with Crippen LogP contribution in [0, 0.1) is 9.40 Å². The van der Waals surface area contributed by atoms with Crippen molar-refractivity contribution < 1.29 is 0 Å². The van der Waals surface area contributed by atoms with Gasteiger partial charge in [0, 0.05) is 0 Å². The van der Waals surface area contributed by atoms with Crippen LogP contribution in [0.1, 0.15) is 20.3 Å². The molecule has 0 aliphatic heterocycles. The van der Waals surface area contributed by atoms with Gasteiger partial charge in [0.15, 0.2) is 0 Å². The van der Waals surface area contributed by atoms with Crippen LogP contribution >= 0.6 is 0 Å². The fourth-order valence-corrected chi connectivity index (χ4v) is 2.25. The number of allylic oxidation sites excluding steroid dienone is 6. The summed E-state index contributed by atoms with van der Waals surface area (Å²) >= 11 is 0.753. The summed E-state index contributed by atoms with van der Waals surface area (Å²) in [7, 11) is 0. The molecule has 14 heavy (non-hydrogen) atoms. The summed E-state index contributed by atoms with van der Waals surface area (Å²) in [5.74, 6) is 3.18. The summed E-state index contributed by atoms with van der Waals surface area (Å²) in [6.07, 6.45) is 3.10. The Labute approximate surface area is 102 Å². The van der Waals surface area contributed by atoms with Crippen molar-refractivity contribution in [2.24, 2.45) is 0 Å². The van der Waals surface area contributed by atoms with Crippen LogP contribution in [0.25, 0.3) is 0 Å². The molecule has 68 valence electrons. The Bertz CT molecular complexity index is 408. The molecule has 1 heteroatoms. The van der Waals surface area contributed by atoms with Crippen molar-refractivity contribution in [2.45, 2.75) is 20.3 Å². The van der Waals surface area contributed by atoms with Gasteiger partial charge in [-0.1, -0.05) is 0 Å². The van der Waals surface area contributed by atoms with Crippen molar-refractivity contribution in [3.8, 4) is 9.40 Å². The molecular weight excluding hydrogens is 361 g/mol. The fraction of sp³-hybridized carbons (Fsp3) is 0.231. The summed E-state index contributed by atoms with van der Waals surface area (Å²) in [6.45, 7) is 12.1. The third-order valence-corrected chi connectivity index (χ3v) is 2.78. The molecule has 1 rings (SSSR count). The Hall–Kier alpha value is -0.558. The first-order valence-corrected chi connectivity index (χ1v) is 6.77. The first kappa shape index (κ1) is 11.5. The quantitative estimate of drug-likeness (QED) is 0.516. The third-order valence-electron chi connectivity index (χ3n) is 2.22. The monoisotopic (exact) mass is 374 g/mol. The van der Waals surface area contributed by atoms with Crippen LogP contribution in [-0.4, -0.2) is 25.8 Å². The van der Waals surface area contributed by atoms with Gasteiger partial charge in [-0.3, -0.25) is 0 Å². The van der Waals surface area contributed by atoms with Crippen molar-refractivity contribution in [2.75, 3.05) is 0 Å². The van der Waals surface area contributed by atoms with Crippen LogP contribution in [0.2, 0.25) is 0 Å². The standard InChI is InChI=1S/C13H13.Tl/c1-6-11-7-12(9(2)3)13(8-11)10(4)5;/h7H,2,4,8H2,3,5H3;. The Morgan fingerprint density at radius 2 is 2.00 bits per heavy atom. The first-order valence-electron chi connectivity index (χ1n) is 4.53. The number of rotatable bonds is 2. The van der Waals surface area contributed by atoms with Gasteiger partial charge in [0.2, 0.25) is 0 Å². The summed E-state index contributed by atoms with van der Waals surface area (Å²) in [5, 5.41) is 0. The molecule has 1 aliphatic rings. The van der Waals surface area contributed by atoms with Crippen LogP contribution in [0.3, 0.4) is 0 Å². The van der Waals surface area contributed by atoms with E-state index in [0.717, 1.165) is 43.3 Å². The molecule has 0 bridgehead atoms. The first-order chi connectivity index (χ1) is 6.56. The normalized spacial score (nSPS) is 14.5. The van der Waals surface area contributed by atoms with E-state index in [4.69, 9.17) is 0 Å². The topological polar surface area (TPSA) is 0 Å². The van der Waals surface area contributed by atoms with Gasteiger partial charge in [-0.2, -0.15) is 0 Å². The molecule has 0 aromatic rings. The van der Waals surface area contributed by atoms with Gasteiger partial charge in [-0.15, -0.1) is 0 Å². The van der Waals surface area contributed by atoms with E-state index in [9.17, 15) is 0 Å². The minimum absolute atomic E-state index is 0.753. The van der Waals surface area contributed by atoms with Crippen molar-refractivity contribution in [1.82, 2.24) is 0 Å². The average molecular weight is 374 g/mol. The molecule has 0 spiro atoms. The molecule has 0 nitrogen and oxygen atoms in total. The zero-order valence-electron chi connectivity index (χ0n) is 8.78. The Morgan fingerprint density at radius 1 is 1.36 bits per heavy atom. The number of hydrogen-bond acceptors (Lipinski definition) is 0. The van der Waals surface area contributed by atoms with Gasteiger partial charge in [0.05, 0.1) is 0 Å². The third kappa shape index (κ3) is 2.48. The molecule has 0 amide bonds. The van der Waals surface area contributed by atoms with Crippen molar-refractivity contribution in [1.29, 1.82) is 0 Å². The molecule has 1 aliphatic carbocycles. The van der Waals surface area contributed by atoms with E-state index in [1.54, 1.807) is 0 Å². The predicted molar refractivity (Wildman–Crippen MR) is 62.9 cm³/mol. The molecular formula is C13H13Tl. The molecule has 0 saturated carbocycles. The van der Waals surface area contributed by atoms with Gasteiger partial charge < -0.3 is 0 Å². The summed E-state index contributed by atoms with van der Waals surface area (Å²) < 4.78 is 3.09. The van der Waals surface area contributed by atoms with Gasteiger partial charge in [-0.25, -0.2) is 0 Å². The molecule has 0 atom stereocenters. The van der Waals surface area contributed by atoms with Crippen LogP contribution in [0.5, 0.6) is 0 Å². The SMILES string of the molecule is C=C(C)C1=C(C(=C)C)CC(C#[C][Tl])=C1. The molecule has 0 heterocycles. The van der Waals surface area contributed by atoms with Crippen LogP contribution < -0.4 is 0 Å². The summed E-state index contributed by atoms with van der Waals surface area (Å²) in [6, 6.07) is 0. The van der Waals surface area contributed by atoms with Gasteiger partial charge in [-0.05, 0) is 0 Å². The van der Waals surface area contributed by atoms with Crippen LogP contribution in [0.4, 0.5) is 0 Å². The zero-order valence-corrected chi connectivity index (χ0v) is 13.3. The van der Waals surface area contributed by atoms with Crippen molar-refractivity contribution in [3.63, 3.8) is 0 Å². The zero-order chi connectivity index (χ0) is 10.7. The second kappa shape index (κ2) is 4.79. The number of hydrogen-bond donors (Lipinski definition) is 0. The Balaban J connectivity index is 3.07. The summed E-state index contributed by atoms with van der Waals surface area (Å²) in [4.78, 5) is 0. The van der Waals surface area contributed by atoms with E-state index in [2.05, 4.69) is 28.6 Å². The van der Waals surface area contributed by atoms with E-state index >= 15 is 0 Å². The molecule has 0 aromatic carbocycles. The van der Waals surface area contributed by atoms with Crippen LogP contribution in [-0.2, 0) is 0 Å². The molecule has 0 fully saturated rings. The van der Waals surface area contributed by atoms with E-state index in [-0.39, 0.29) is 0 Å². The second-order valence-electron chi connectivity index (χ2n) is 3.57. The molecule has 0 unspecified atom stereocenters. The Morgan fingerprint density at radius 3 is 2.36 bits per heavy atom. The van der Waals surface area contributed by atoms with Gasteiger partial charge in [0.25, 0.3) is 0 Å². The van der Waals surface area contributed by atoms with E-state index < -0.39 is 0 Å². The fourth-order valence-electron chi connectivity index (χ4n) is 1.53. The Kier molecular flexibility index (Phi) is 3.94. The maximum atomic E-state index is 3.99. The van der Waals surface area contributed by atoms with Gasteiger partial charge >= 0.3 is 103 Å². The van der Waals surface area contributed by atoms with E-state index in [1.807, 2.05) is 13.8 Å². The van der Waals surface area contributed by atoms with Crippen LogP contribution in [0.15, 0.2) is 47.1 Å². The molecule has 0 radical (unpaired) electrons. The summed E-state index contributed by atoms with van der Waals surface area (Å²) in [5.41, 5.74) is 5.99.